The highest BCUT2D eigenvalue weighted by Crippen LogP contribution is 2.17. The Bertz CT molecular complexity index is 533. The highest BCUT2D eigenvalue weighted by Gasteiger charge is 2.12. The fraction of sp³-hybridized carbons (Fsp3) is 0.375. The lowest BCUT2D eigenvalue weighted by molar-refractivity contribution is -0.131. The van der Waals surface area contributed by atoms with Crippen LogP contribution >= 0.6 is 0 Å². The third-order valence-electron chi connectivity index (χ3n) is 2.43. The Hall–Kier alpha value is -2.48. The first-order valence-electron chi connectivity index (χ1n) is 6.70. The number of carbonyl (C=O) groups is 1. The Morgan fingerprint density at radius 3 is 2.81 bits per heavy atom. The van der Waals surface area contributed by atoms with Gasteiger partial charge in [0.2, 0.25) is 6.10 Å². The van der Waals surface area contributed by atoms with Crippen molar-refractivity contribution in [2.75, 3.05) is 6.54 Å². The van der Waals surface area contributed by atoms with Gasteiger partial charge in [-0.2, -0.15) is 0 Å². The normalized spacial score (nSPS) is 12.0. The number of benzene rings is 1. The van der Waals surface area contributed by atoms with Crippen LogP contribution in [0, 0.1) is 12.3 Å². The topological polar surface area (TPSA) is 59.9 Å². The molecule has 0 radical (unpaired) electrons. The van der Waals surface area contributed by atoms with Crippen LogP contribution in [0.25, 0.3) is 0 Å². The monoisotopic (exact) mass is 288 g/mol. The quantitative estimate of drug-likeness (QED) is 0.474. The Kier molecular flexibility index (Phi) is 6.82. The van der Waals surface area contributed by atoms with E-state index in [0.717, 1.165) is 5.56 Å². The summed E-state index contributed by atoms with van der Waals surface area (Å²) >= 11 is 0. The molecule has 112 valence electrons. The molecule has 5 nitrogen and oxygen atoms in total. The maximum atomic E-state index is 11.5. The molecule has 1 atom stereocenters. The van der Waals surface area contributed by atoms with E-state index < -0.39 is 6.10 Å². The molecule has 0 heterocycles. The Labute approximate surface area is 125 Å². The summed E-state index contributed by atoms with van der Waals surface area (Å²) in [4.78, 5) is 16.6. The highest BCUT2D eigenvalue weighted by molar-refractivity contribution is 5.83. The van der Waals surface area contributed by atoms with Gasteiger partial charge in [0.25, 0.3) is 5.91 Å². The maximum Gasteiger partial charge on any atom is 0.264 e. The van der Waals surface area contributed by atoms with Gasteiger partial charge in [-0.05, 0) is 32.9 Å². The summed E-state index contributed by atoms with van der Waals surface area (Å²) in [6.45, 7) is 5.66. The zero-order valence-corrected chi connectivity index (χ0v) is 12.5. The first-order valence-corrected chi connectivity index (χ1v) is 6.70. The van der Waals surface area contributed by atoms with Crippen molar-refractivity contribution in [2.24, 2.45) is 5.16 Å². The molecular weight excluding hydrogens is 268 g/mol. The molecule has 1 amide bonds. The zero-order valence-electron chi connectivity index (χ0n) is 12.5. The summed E-state index contributed by atoms with van der Waals surface area (Å²) in [6.07, 6.45) is 5.93. The molecular formula is C16H20N2O3. The second kappa shape index (κ2) is 8.64. The standard InChI is InChI=1S/C16H20N2O3/c1-5-10-17-16(19)13(4)21-18-11-14-8-6-7-9-15(14)20-12(2)3/h1,6-9,11-13H,10H2,2-4H3,(H,17,19). The molecule has 0 aliphatic carbocycles. The van der Waals surface area contributed by atoms with Crippen molar-refractivity contribution in [1.82, 2.24) is 5.32 Å². The number of nitrogens with one attached hydrogen (secondary N) is 1. The lowest BCUT2D eigenvalue weighted by Gasteiger charge is -2.12. The van der Waals surface area contributed by atoms with Crippen LogP contribution in [-0.4, -0.2) is 30.9 Å². The number of oxime groups is 1. The van der Waals surface area contributed by atoms with Crippen LogP contribution in [-0.2, 0) is 9.63 Å². The first-order chi connectivity index (χ1) is 10.0. The van der Waals surface area contributed by atoms with E-state index in [2.05, 4.69) is 16.4 Å². The van der Waals surface area contributed by atoms with Gasteiger partial charge in [0.15, 0.2) is 0 Å². The largest absolute Gasteiger partial charge is 0.490 e. The minimum atomic E-state index is -0.715. The maximum absolute atomic E-state index is 11.5. The van der Waals surface area contributed by atoms with Gasteiger partial charge in [0.1, 0.15) is 5.75 Å². The molecule has 1 aromatic rings. The summed E-state index contributed by atoms with van der Waals surface area (Å²) in [5.41, 5.74) is 0.780. The van der Waals surface area contributed by atoms with E-state index in [9.17, 15) is 4.79 Å². The van der Waals surface area contributed by atoms with Crippen LogP contribution in [0.3, 0.4) is 0 Å². The van der Waals surface area contributed by atoms with Gasteiger partial charge in [0.05, 0.1) is 18.9 Å². The molecule has 0 bridgehead atoms. The predicted molar refractivity (Wildman–Crippen MR) is 82.2 cm³/mol. The average molecular weight is 288 g/mol. The van der Waals surface area contributed by atoms with Gasteiger partial charge in [-0.1, -0.05) is 23.2 Å². The molecule has 0 aliphatic heterocycles. The third-order valence-corrected chi connectivity index (χ3v) is 2.43. The number of rotatable bonds is 7. The van der Waals surface area contributed by atoms with E-state index in [1.165, 1.54) is 6.21 Å². The second-order valence-corrected chi connectivity index (χ2v) is 4.61. The number of carbonyl (C=O) groups excluding carboxylic acids is 1. The van der Waals surface area contributed by atoms with E-state index in [0.29, 0.717) is 5.75 Å². The number of amides is 1. The van der Waals surface area contributed by atoms with Crippen LogP contribution in [0.1, 0.15) is 26.3 Å². The fourth-order valence-electron chi connectivity index (χ4n) is 1.46. The van der Waals surface area contributed by atoms with Gasteiger partial charge in [-0.25, -0.2) is 0 Å². The number of nitrogens with zero attached hydrogens (tertiary/aromatic N) is 1. The van der Waals surface area contributed by atoms with Gasteiger partial charge in [-0.15, -0.1) is 6.42 Å². The molecule has 0 spiro atoms. The summed E-state index contributed by atoms with van der Waals surface area (Å²) in [5, 5.41) is 6.34. The van der Waals surface area contributed by atoms with Crippen LogP contribution in [0.2, 0.25) is 0 Å². The lowest BCUT2D eigenvalue weighted by Crippen LogP contribution is -2.33. The molecule has 0 saturated carbocycles. The lowest BCUT2D eigenvalue weighted by atomic mass is 10.2. The van der Waals surface area contributed by atoms with Crippen LogP contribution in [0.15, 0.2) is 29.4 Å². The van der Waals surface area contributed by atoms with Crippen molar-refractivity contribution in [3.8, 4) is 18.1 Å². The number of hydrogen-bond acceptors (Lipinski definition) is 4. The molecule has 0 fully saturated rings. The minimum Gasteiger partial charge on any atom is -0.490 e. The number of hydrogen-bond donors (Lipinski definition) is 1. The van der Waals surface area contributed by atoms with Crippen molar-refractivity contribution in [1.29, 1.82) is 0 Å². The Morgan fingerprint density at radius 2 is 2.14 bits per heavy atom. The molecule has 21 heavy (non-hydrogen) atoms. The van der Waals surface area contributed by atoms with Crippen LogP contribution in [0.5, 0.6) is 5.75 Å². The molecule has 1 N–H and O–H groups in total. The van der Waals surface area contributed by atoms with Crippen molar-refractivity contribution in [3.05, 3.63) is 29.8 Å². The van der Waals surface area contributed by atoms with Crippen molar-refractivity contribution < 1.29 is 14.4 Å². The zero-order chi connectivity index (χ0) is 15.7. The van der Waals surface area contributed by atoms with Crippen molar-refractivity contribution in [3.63, 3.8) is 0 Å². The summed E-state index contributed by atoms with van der Waals surface area (Å²) in [5.74, 6) is 2.72. The first kappa shape index (κ1) is 16.6. The summed E-state index contributed by atoms with van der Waals surface area (Å²) in [6, 6.07) is 7.46. The third kappa shape index (κ3) is 6.00. The van der Waals surface area contributed by atoms with E-state index >= 15 is 0 Å². The van der Waals surface area contributed by atoms with Gasteiger partial charge < -0.3 is 14.9 Å². The number of para-hydroxylation sites is 1. The van der Waals surface area contributed by atoms with E-state index in [1.54, 1.807) is 6.92 Å². The molecule has 0 aromatic heterocycles. The molecule has 5 heteroatoms. The fourth-order valence-corrected chi connectivity index (χ4v) is 1.46. The SMILES string of the molecule is C#CCNC(=O)C(C)ON=Cc1ccccc1OC(C)C. The van der Waals surface area contributed by atoms with Crippen LogP contribution in [0.4, 0.5) is 0 Å². The molecule has 1 aromatic carbocycles. The van der Waals surface area contributed by atoms with Gasteiger partial charge >= 0.3 is 0 Å². The Balaban J connectivity index is 2.61. The minimum absolute atomic E-state index is 0.0638. The number of ether oxygens (including phenoxy) is 1. The van der Waals surface area contributed by atoms with Gasteiger partial charge in [-0.3, -0.25) is 4.79 Å². The van der Waals surface area contributed by atoms with E-state index in [4.69, 9.17) is 16.0 Å². The molecule has 0 saturated heterocycles. The summed E-state index contributed by atoms with van der Waals surface area (Å²) < 4.78 is 5.66. The van der Waals surface area contributed by atoms with Crippen LogP contribution < -0.4 is 10.1 Å². The predicted octanol–water partition coefficient (Wildman–Crippen LogP) is 1.96. The van der Waals surface area contributed by atoms with E-state index in [1.807, 2.05) is 38.1 Å². The number of terminal acetylenes is 1. The Morgan fingerprint density at radius 1 is 1.43 bits per heavy atom. The molecule has 0 aliphatic rings. The second-order valence-electron chi connectivity index (χ2n) is 4.61. The van der Waals surface area contributed by atoms with Crippen molar-refractivity contribution in [2.45, 2.75) is 33.0 Å². The van der Waals surface area contributed by atoms with Crippen molar-refractivity contribution >= 4 is 12.1 Å². The molecule has 1 rings (SSSR count). The van der Waals surface area contributed by atoms with E-state index in [-0.39, 0.29) is 18.6 Å². The average Bonchev–Trinajstić information content (AvgIpc) is 2.45. The van der Waals surface area contributed by atoms with Gasteiger partial charge in [0, 0.05) is 5.56 Å². The summed E-state index contributed by atoms with van der Waals surface area (Å²) in [7, 11) is 0. The highest BCUT2D eigenvalue weighted by atomic mass is 16.6. The smallest absolute Gasteiger partial charge is 0.264 e. The molecule has 1 unspecified atom stereocenters.